The predicted octanol–water partition coefficient (Wildman–Crippen LogP) is 2.14. The fraction of sp³-hybridized carbons (Fsp3) is 0.467. The van der Waals surface area contributed by atoms with Crippen molar-refractivity contribution in [2.45, 2.75) is 25.2 Å². The second-order valence-corrected chi connectivity index (χ2v) is 4.54. The summed E-state index contributed by atoms with van der Waals surface area (Å²) in [6.07, 6.45) is 0.302. The first-order chi connectivity index (χ1) is 9.98. The SMILES string of the molecule is CCOC(=O)C(CCCOC)(C(=O)O)c1cccc(F)c1. The third kappa shape index (κ3) is 3.78. The summed E-state index contributed by atoms with van der Waals surface area (Å²) in [5.41, 5.74) is -1.85. The zero-order valence-corrected chi connectivity index (χ0v) is 12.1. The van der Waals surface area contributed by atoms with Gasteiger partial charge in [0.05, 0.1) is 6.61 Å². The molecule has 1 atom stereocenters. The Hall–Kier alpha value is -1.95. The van der Waals surface area contributed by atoms with E-state index in [4.69, 9.17) is 9.47 Å². The Bertz CT molecular complexity index is 503. The number of hydrogen-bond acceptors (Lipinski definition) is 4. The van der Waals surface area contributed by atoms with E-state index in [2.05, 4.69) is 0 Å². The molecule has 1 N–H and O–H groups in total. The molecule has 1 aromatic rings. The van der Waals surface area contributed by atoms with Crippen molar-refractivity contribution in [1.29, 1.82) is 0 Å². The smallest absolute Gasteiger partial charge is 0.328 e. The highest BCUT2D eigenvalue weighted by molar-refractivity contribution is 6.05. The minimum atomic E-state index is -1.92. The maximum absolute atomic E-state index is 13.4. The number of aliphatic carboxylic acids is 1. The zero-order chi connectivity index (χ0) is 15.9. The first-order valence-electron chi connectivity index (χ1n) is 6.64. The van der Waals surface area contributed by atoms with Gasteiger partial charge in [0.15, 0.2) is 5.41 Å². The van der Waals surface area contributed by atoms with Crippen molar-refractivity contribution in [3.05, 3.63) is 35.6 Å². The van der Waals surface area contributed by atoms with Crippen molar-refractivity contribution in [3.63, 3.8) is 0 Å². The second kappa shape index (κ2) is 7.73. The van der Waals surface area contributed by atoms with Gasteiger partial charge in [-0.15, -0.1) is 0 Å². The van der Waals surface area contributed by atoms with Crippen LogP contribution >= 0.6 is 0 Å². The highest BCUT2D eigenvalue weighted by Crippen LogP contribution is 2.32. The lowest BCUT2D eigenvalue weighted by molar-refractivity contribution is -0.162. The lowest BCUT2D eigenvalue weighted by Gasteiger charge is -2.27. The Kier molecular flexibility index (Phi) is 6.30. The number of hydrogen-bond donors (Lipinski definition) is 1. The molecule has 6 heteroatoms. The Morgan fingerprint density at radius 1 is 1.38 bits per heavy atom. The molecule has 1 rings (SSSR count). The van der Waals surface area contributed by atoms with E-state index in [0.717, 1.165) is 6.07 Å². The molecule has 0 amide bonds. The summed E-state index contributed by atoms with van der Waals surface area (Å²) in [7, 11) is 1.48. The fourth-order valence-corrected chi connectivity index (χ4v) is 2.17. The molecule has 1 unspecified atom stereocenters. The topological polar surface area (TPSA) is 72.8 Å². The van der Waals surface area contributed by atoms with E-state index in [1.807, 2.05) is 0 Å². The minimum Gasteiger partial charge on any atom is -0.480 e. The first-order valence-corrected chi connectivity index (χ1v) is 6.64. The molecule has 0 saturated carbocycles. The molecule has 0 heterocycles. The van der Waals surface area contributed by atoms with Gasteiger partial charge < -0.3 is 14.6 Å². The number of carboxylic acids is 1. The number of benzene rings is 1. The van der Waals surface area contributed by atoms with Crippen LogP contribution in [0.1, 0.15) is 25.3 Å². The summed E-state index contributed by atoms with van der Waals surface area (Å²) in [5.74, 6) is -2.85. The zero-order valence-electron chi connectivity index (χ0n) is 12.1. The molecule has 0 saturated heterocycles. The van der Waals surface area contributed by atoms with Crippen molar-refractivity contribution in [2.24, 2.45) is 0 Å². The van der Waals surface area contributed by atoms with E-state index in [0.29, 0.717) is 13.0 Å². The molecular formula is C15H19FO5. The number of methoxy groups -OCH3 is 1. The Morgan fingerprint density at radius 3 is 2.62 bits per heavy atom. The number of carbonyl (C=O) groups excluding carboxylic acids is 1. The summed E-state index contributed by atoms with van der Waals surface area (Å²) in [6.45, 7) is 1.93. The maximum Gasteiger partial charge on any atom is 0.328 e. The van der Waals surface area contributed by atoms with Crippen molar-refractivity contribution in [1.82, 2.24) is 0 Å². The predicted molar refractivity (Wildman–Crippen MR) is 73.5 cm³/mol. The second-order valence-electron chi connectivity index (χ2n) is 4.54. The van der Waals surface area contributed by atoms with Gasteiger partial charge in [0.25, 0.3) is 0 Å². The van der Waals surface area contributed by atoms with E-state index >= 15 is 0 Å². The minimum absolute atomic E-state index is 0.0293. The molecule has 0 fully saturated rings. The van der Waals surface area contributed by atoms with Crippen LogP contribution < -0.4 is 0 Å². The molecule has 5 nitrogen and oxygen atoms in total. The molecule has 0 spiro atoms. The lowest BCUT2D eigenvalue weighted by atomic mass is 9.76. The Morgan fingerprint density at radius 2 is 2.10 bits per heavy atom. The highest BCUT2D eigenvalue weighted by atomic mass is 19.1. The van der Waals surface area contributed by atoms with E-state index in [9.17, 15) is 19.1 Å². The molecule has 0 bridgehead atoms. The van der Waals surface area contributed by atoms with Gasteiger partial charge in [-0.05, 0) is 37.5 Å². The third-order valence-electron chi connectivity index (χ3n) is 3.21. The van der Waals surface area contributed by atoms with E-state index in [1.54, 1.807) is 6.92 Å². The summed E-state index contributed by atoms with van der Waals surface area (Å²) < 4.78 is 23.2. The van der Waals surface area contributed by atoms with Gasteiger partial charge in [0.1, 0.15) is 5.82 Å². The average Bonchev–Trinajstić information content (AvgIpc) is 2.43. The Labute approximate surface area is 122 Å². The summed E-state index contributed by atoms with van der Waals surface area (Å²) in [4.78, 5) is 24.0. The molecule has 116 valence electrons. The average molecular weight is 298 g/mol. The fourth-order valence-electron chi connectivity index (χ4n) is 2.17. The molecule has 0 aromatic heterocycles. The number of esters is 1. The van der Waals surface area contributed by atoms with Gasteiger partial charge in [-0.25, -0.2) is 4.39 Å². The van der Waals surface area contributed by atoms with E-state index in [-0.39, 0.29) is 18.6 Å². The molecule has 21 heavy (non-hydrogen) atoms. The van der Waals surface area contributed by atoms with Crippen LogP contribution in [0.25, 0.3) is 0 Å². The van der Waals surface area contributed by atoms with Gasteiger partial charge in [0, 0.05) is 13.7 Å². The third-order valence-corrected chi connectivity index (χ3v) is 3.21. The van der Waals surface area contributed by atoms with Gasteiger partial charge in [-0.2, -0.15) is 0 Å². The largest absolute Gasteiger partial charge is 0.480 e. The van der Waals surface area contributed by atoms with E-state index in [1.165, 1.54) is 25.3 Å². The van der Waals surface area contributed by atoms with Crippen molar-refractivity contribution < 1.29 is 28.6 Å². The number of ether oxygens (including phenoxy) is 2. The van der Waals surface area contributed by atoms with Crippen LogP contribution in [-0.2, 0) is 24.5 Å². The molecule has 0 radical (unpaired) electrons. The normalized spacial score (nSPS) is 13.5. The van der Waals surface area contributed by atoms with Gasteiger partial charge in [-0.1, -0.05) is 12.1 Å². The van der Waals surface area contributed by atoms with Crippen LogP contribution in [0.5, 0.6) is 0 Å². The number of carboxylic acid groups (broad SMARTS) is 1. The van der Waals surface area contributed by atoms with Crippen LogP contribution in [-0.4, -0.2) is 37.4 Å². The van der Waals surface area contributed by atoms with Crippen molar-refractivity contribution in [2.75, 3.05) is 20.3 Å². The number of rotatable bonds is 8. The van der Waals surface area contributed by atoms with Crippen molar-refractivity contribution >= 4 is 11.9 Å². The number of halogens is 1. The van der Waals surface area contributed by atoms with Crippen LogP contribution in [0.3, 0.4) is 0 Å². The van der Waals surface area contributed by atoms with Gasteiger partial charge in [0.2, 0.25) is 0 Å². The molecular weight excluding hydrogens is 279 g/mol. The monoisotopic (exact) mass is 298 g/mol. The van der Waals surface area contributed by atoms with Crippen LogP contribution in [0.2, 0.25) is 0 Å². The highest BCUT2D eigenvalue weighted by Gasteiger charge is 2.49. The molecule has 1 aromatic carbocycles. The number of carbonyl (C=O) groups is 2. The van der Waals surface area contributed by atoms with Crippen LogP contribution in [0.4, 0.5) is 4.39 Å². The Balaban J connectivity index is 3.29. The van der Waals surface area contributed by atoms with Crippen LogP contribution in [0, 0.1) is 5.82 Å². The quantitative estimate of drug-likeness (QED) is 0.452. The summed E-state index contributed by atoms with van der Waals surface area (Å²) in [5, 5.41) is 9.60. The standard InChI is InChI=1S/C15H19FO5/c1-3-21-14(19)15(13(17)18,8-5-9-20-2)11-6-4-7-12(16)10-11/h4,6-7,10H,3,5,8-9H2,1-2H3,(H,17,18). The molecule has 0 aliphatic heterocycles. The first kappa shape index (κ1) is 17.1. The lowest BCUT2D eigenvalue weighted by Crippen LogP contribution is -2.45. The summed E-state index contributed by atoms with van der Waals surface area (Å²) in [6, 6.07) is 5.03. The van der Waals surface area contributed by atoms with Gasteiger partial charge in [-0.3, -0.25) is 9.59 Å². The summed E-state index contributed by atoms with van der Waals surface area (Å²) >= 11 is 0. The van der Waals surface area contributed by atoms with Crippen LogP contribution in [0.15, 0.2) is 24.3 Å². The van der Waals surface area contributed by atoms with Crippen molar-refractivity contribution in [3.8, 4) is 0 Å². The van der Waals surface area contributed by atoms with Gasteiger partial charge >= 0.3 is 11.9 Å². The van der Waals surface area contributed by atoms with E-state index < -0.39 is 23.2 Å². The molecule has 0 aliphatic carbocycles. The maximum atomic E-state index is 13.4. The molecule has 0 aliphatic rings.